The van der Waals surface area contributed by atoms with E-state index >= 15 is 0 Å². The molecule has 1 aliphatic rings. The van der Waals surface area contributed by atoms with Crippen LogP contribution < -0.4 is 0 Å². The smallest absolute Gasteiger partial charge is 0.338 e. The summed E-state index contributed by atoms with van der Waals surface area (Å²) in [5.74, 6) is -0.508. The molecule has 17 heavy (non-hydrogen) atoms. The van der Waals surface area contributed by atoms with E-state index in [0.717, 1.165) is 12.2 Å². The maximum Gasteiger partial charge on any atom is 0.338 e. The number of halogens is 1. The molecule has 0 aliphatic heterocycles. The molecule has 1 heterocycles. The normalized spacial score (nSPS) is 15.4. The molecule has 1 aromatic carbocycles. The largest absolute Gasteiger partial charge is 0.478 e. The van der Waals surface area contributed by atoms with E-state index in [2.05, 4.69) is 9.97 Å². The van der Waals surface area contributed by atoms with Gasteiger partial charge in [-0.2, -0.15) is 0 Å². The highest BCUT2D eigenvalue weighted by molar-refractivity contribution is 5.92. The van der Waals surface area contributed by atoms with Crippen molar-refractivity contribution < 1.29 is 14.3 Å². The third kappa shape index (κ3) is 1.88. The lowest BCUT2D eigenvalue weighted by molar-refractivity contribution is 0.0692. The Labute approximate surface area is 96.5 Å². The average molecular weight is 234 g/mol. The fourth-order valence-electron chi connectivity index (χ4n) is 1.94. The first kappa shape index (κ1) is 10.3. The van der Waals surface area contributed by atoms with Crippen LogP contribution in [0, 0.1) is 11.7 Å². The molecule has 0 bridgehead atoms. The summed E-state index contributed by atoms with van der Waals surface area (Å²) in [4.78, 5) is 18.1. The predicted octanol–water partition coefficient (Wildman–Crippen LogP) is 2.35. The van der Waals surface area contributed by atoms with Gasteiger partial charge in [-0.3, -0.25) is 0 Å². The van der Waals surface area contributed by atoms with E-state index in [4.69, 9.17) is 5.11 Å². The van der Waals surface area contributed by atoms with Crippen LogP contribution >= 0.6 is 0 Å². The van der Waals surface area contributed by atoms with Gasteiger partial charge in [0.05, 0.1) is 16.6 Å². The molecule has 0 saturated heterocycles. The van der Waals surface area contributed by atoms with Crippen LogP contribution in [0.15, 0.2) is 12.1 Å². The van der Waals surface area contributed by atoms with Gasteiger partial charge in [0.2, 0.25) is 0 Å². The highest BCUT2D eigenvalue weighted by Crippen LogP contribution is 2.32. The summed E-state index contributed by atoms with van der Waals surface area (Å²) in [5, 5.41) is 8.81. The molecule has 1 aromatic heterocycles. The summed E-state index contributed by atoms with van der Waals surface area (Å²) in [7, 11) is 0. The van der Waals surface area contributed by atoms with Crippen molar-refractivity contribution in [2.75, 3.05) is 0 Å². The van der Waals surface area contributed by atoms with Crippen molar-refractivity contribution in [2.24, 2.45) is 5.92 Å². The highest BCUT2D eigenvalue weighted by Gasteiger charge is 2.23. The van der Waals surface area contributed by atoms with Gasteiger partial charge in [0.15, 0.2) is 0 Å². The van der Waals surface area contributed by atoms with Gasteiger partial charge < -0.3 is 10.1 Å². The van der Waals surface area contributed by atoms with Crippen LogP contribution in [-0.2, 0) is 6.42 Å². The third-order valence-corrected chi connectivity index (χ3v) is 3.03. The summed E-state index contributed by atoms with van der Waals surface area (Å²) in [6.45, 7) is 0. The maximum absolute atomic E-state index is 13.4. The van der Waals surface area contributed by atoms with Crippen molar-refractivity contribution in [1.29, 1.82) is 0 Å². The minimum absolute atomic E-state index is 0.332. The molecule has 88 valence electrons. The van der Waals surface area contributed by atoms with E-state index in [1.807, 2.05) is 0 Å². The number of fused-ring (bicyclic) bond motifs is 1. The van der Waals surface area contributed by atoms with Gasteiger partial charge >= 0.3 is 5.97 Å². The average Bonchev–Trinajstić information content (AvgIpc) is 2.96. The molecule has 4 nitrogen and oxygen atoms in total. The number of H-pyrrole nitrogens is 1. The summed E-state index contributed by atoms with van der Waals surface area (Å²) in [6.07, 6.45) is 3.29. The molecule has 1 fully saturated rings. The Kier molecular flexibility index (Phi) is 2.14. The third-order valence-electron chi connectivity index (χ3n) is 3.03. The first-order chi connectivity index (χ1) is 8.13. The summed E-state index contributed by atoms with van der Waals surface area (Å²) in [6, 6.07) is 2.47. The van der Waals surface area contributed by atoms with Crippen LogP contribution in [0.1, 0.15) is 29.0 Å². The number of rotatable bonds is 3. The van der Waals surface area contributed by atoms with E-state index in [0.29, 0.717) is 17.0 Å². The molecule has 0 unspecified atom stereocenters. The topological polar surface area (TPSA) is 66.0 Å². The minimum Gasteiger partial charge on any atom is -0.478 e. The second-order valence-electron chi connectivity index (χ2n) is 4.49. The summed E-state index contributed by atoms with van der Waals surface area (Å²) in [5.41, 5.74) is 0.740. The number of benzene rings is 1. The quantitative estimate of drug-likeness (QED) is 0.856. The molecular formula is C12H11FN2O2. The van der Waals surface area contributed by atoms with Crippen molar-refractivity contribution in [3.8, 4) is 0 Å². The number of carboxylic acid groups (broad SMARTS) is 1. The molecule has 2 N–H and O–H groups in total. The van der Waals surface area contributed by atoms with E-state index < -0.39 is 11.8 Å². The summed E-state index contributed by atoms with van der Waals surface area (Å²) >= 11 is 0. The van der Waals surface area contributed by atoms with Crippen LogP contribution in [0.4, 0.5) is 4.39 Å². The lowest BCUT2D eigenvalue weighted by Gasteiger charge is -1.95. The molecule has 0 amide bonds. The highest BCUT2D eigenvalue weighted by atomic mass is 19.1. The molecule has 0 spiro atoms. The Hall–Kier alpha value is -1.91. The number of aromatic carboxylic acids is 1. The number of imidazole rings is 1. The first-order valence-electron chi connectivity index (χ1n) is 5.55. The fraction of sp³-hybridized carbons (Fsp3) is 0.333. The minimum atomic E-state index is -1.27. The summed E-state index contributed by atoms with van der Waals surface area (Å²) < 4.78 is 13.4. The van der Waals surface area contributed by atoms with Crippen LogP contribution in [0.5, 0.6) is 0 Å². The molecule has 0 radical (unpaired) electrons. The lowest BCUT2D eigenvalue weighted by atomic mass is 10.2. The van der Waals surface area contributed by atoms with E-state index in [9.17, 15) is 9.18 Å². The zero-order valence-corrected chi connectivity index (χ0v) is 9.03. The monoisotopic (exact) mass is 234 g/mol. The molecule has 2 aromatic rings. The van der Waals surface area contributed by atoms with Crippen LogP contribution in [0.3, 0.4) is 0 Å². The number of carbonyl (C=O) groups is 1. The van der Waals surface area contributed by atoms with Gasteiger partial charge in [0, 0.05) is 12.5 Å². The second-order valence-corrected chi connectivity index (χ2v) is 4.49. The van der Waals surface area contributed by atoms with Gasteiger partial charge in [-0.1, -0.05) is 0 Å². The lowest BCUT2D eigenvalue weighted by Crippen LogP contribution is -1.99. The van der Waals surface area contributed by atoms with Gasteiger partial charge in [-0.15, -0.1) is 0 Å². The van der Waals surface area contributed by atoms with E-state index in [1.54, 1.807) is 0 Å². The van der Waals surface area contributed by atoms with Crippen molar-refractivity contribution >= 4 is 17.0 Å². The molecule has 0 atom stereocenters. The molecule has 1 saturated carbocycles. The molecule has 3 rings (SSSR count). The standard InChI is InChI=1S/C12H11FN2O2/c13-8-5-10-9(4-7(8)12(16)17)14-11(15-10)3-6-1-2-6/h4-6H,1-3H2,(H,14,15)(H,16,17). The van der Waals surface area contributed by atoms with Crippen molar-refractivity contribution in [3.05, 3.63) is 29.3 Å². The molecule has 1 aliphatic carbocycles. The van der Waals surface area contributed by atoms with E-state index in [1.165, 1.54) is 25.0 Å². The van der Waals surface area contributed by atoms with Gasteiger partial charge in [0.25, 0.3) is 0 Å². The Morgan fingerprint density at radius 2 is 2.29 bits per heavy atom. The van der Waals surface area contributed by atoms with Gasteiger partial charge in [0.1, 0.15) is 11.6 Å². The SMILES string of the molecule is O=C(O)c1cc2nc(CC3CC3)[nH]c2cc1F. The molecular weight excluding hydrogens is 223 g/mol. The number of carboxylic acids is 1. The van der Waals surface area contributed by atoms with Gasteiger partial charge in [-0.25, -0.2) is 14.2 Å². The number of nitrogens with zero attached hydrogens (tertiary/aromatic N) is 1. The number of aromatic amines is 1. The number of hydrogen-bond acceptors (Lipinski definition) is 2. The van der Waals surface area contributed by atoms with Crippen LogP contribution in [-0.4, -0.2) is 21.0 Å². The van der Waals surface area contributed by atoms with Crippen LogP contribution in [0.2, 0.25) is 0 Å². The van der Waals surface area contributed by atoms with E-state index in [-0.39, 0.29) is 5.56 Å². The second kappa shape index (κ2) is 3.55. The first-order valence-corrected chi connectivity index (χ1v) is 5.55. The predicted molar refractivity (Wildman–Crippen MR) is 59.4 cm³/mol. The fourth-order valence-corrected chi connectivity index (χ4v) is 1.94. The number of hydrogen-bond donors (Lipinski definition) is 2. The van der Waals surface area contributed by atoms with Crippen LogP contribution in [0.25, 0.3) is 11.0 Å². The van der Waals surface area contributed by atoms with Gasteiger partial charge in [-0.05, 0) is 24.8 Å². The van der Waals surface area contributed by atoms with Crippen molar-refractivity contribution in [3.63, 3.8) is 0 Å². The number of aromatic nitrogens is 2. The number of nitrogens with one attached hydrogen (secondary N) is 1. The zero-order chi connectivity index (χ0) is 12.0. The Morgan fingerprint density at radius 1 is 1.53 bits per heavy atom. The Bertz CT molecular complexity index is 602. The Balaban J connectivity index is 2.05. The maximum atomic E-state index is 13.4. The molecule has 5 heteroatoms. The van der Waals surface area contributed by atoms with Crippen molar-refractivity contribution in [2.45, 2.75) is 19.3 Å². The van der Waals surface area contributed by atoms with Crippen molar-refractivity contribution in [1.82, 2.24) is 9.97 Å². The zero-order valence-electron chi connectivity index (χ0n) is 9.03. The Morgan fingerprint density at radius 3 is 2.94 bits per heavy atom.